The van der Waals surface area contributed by atoms with E-state index in [1.807, 2.05) is 26.0 Å². The molecule has 0 atom stereocenters. The Bertz CT molecular complexity index is 750. The van der Waals surface area contributed by atoms with Gasteiger partial charge in [0.1, 0.15) is 5.82 Å². The fraction of sp³-hybridized carbons (Fsp3) is 0.381. The highest BCUT2D eigenvalue weighted by molar-refractivity contribution is 14.0. The minimum Gasteiger partial charge on any atom is -0.374 e. The smallest absolute Gasteiger partial charge is 0.191 e. The molecule has 148 valence electrons. The molecular weight excluding hydrogens is 456 g/mol. The first-order chi connectivity index (χ1) is 12.5. The zero-order valence-corrected chi connectivity index (χ0v) is 18.7. The molecular formula is C21H29FIN3O. The van der Waals surface area contributed by atoms with Gasteiger partial charge in [-0.3, -0.25) is 4.99 Å². The average molecular weight is 485 g/mol. The van der Waals surface area contributed by atoms with Crippen LogP contribution in [-0.2, 0) is 24.4 Å². The summed E-state index contributed by atoms with van der Waals surface area (Å²) < 4.78 is 19.3. The number of guanidine groups is 1. The Balaban J connectivity index is 0.00000364. The molecule has 2 N–H and O–H groups in total. The number of nitrogens with one attached hydrogen (secondary N) is 2. The van der Waals surface area contributed by atoms with Crippen LogP contribution in [-0.4, -0.2) is 19.1 Å². The summed E-state index contributed by atoms with van der Waals surface area (Å²) in [5, 5.41) is 6.48. The molecule has 27 heavy (non-hydrogen) atoms. The van der Waals surface area contributed by atoms with E-state index in [1.165, 1.54) is 0 Å². The van der Waals surface area contributed by atoms with Crippen molar-refractivity contribution in [1.82, 2.24) is 10.6 Å². The zero-order chi connectivity index (χ0) is 18.9. The maximum absolute atomic E-state index is 13.6. The summed E-state index contributed by atoms with van der Waals surface area (Å²) in [4.78, 5) is 4.22. The molecule has 0 unspecified atom stereocenters. The lowest BCUT2D eigenvalue weighted by Gasteiger charge is -2.13. The summed E-state index contributed by atoms with van der Waals surface area (Å²) in [7, 11) is 1.72. The summed E-state index contributed by atoms with van der Waals surface area (Å²) in [6.45, 7) is 7.59. The second-order valence-corrected chi connectivity index (χ2v) is 6.54. The number of aliphatic imine (C=N–C) groups is 1. The Morgan fingerprint density at radius 2 is 1.67 bits per heavy atom. The number of ether oxygens (including phenoxy) is 1. The van der Waals surface area contributed by atoms with Crippen LogP contribution >= 0.6 is 24.0 Å². The van der Waals surface area contributed by atoms with Gasteiger partial charge in [0.2, 0.25) is 0 Å². The molecule has 0 amide bonds. The molecule has 2 rings (SSSR count). The van der Waals surface area contributed by atoms with Gasteiger partial charge in [-0.25, -0.2) is 4.39 Å². The fourth-order valence-corrected chi connectivity index (χ4v) is 2.43. The minimum atomic E-state index is -0.187. The van der Waals surface area contributed by atoms with Gasteiger partial charge in [0, 0.05) is 20.1 Å². The summed E-state index contributed by atoms with van der Waals surface area (Å²) in [6, 6.07) is 13.5. The zero-order valence-electron chi connectivity index (χ0n) is 16.4. The van der Waals surface area contributed by atoms with Gasteiger partial charge >= 0.3 is 0 Å². The van der Waals surface area contributed by atoms with Crippen LogP contribution in [0.5, 0.6) is 0 Å². The van der Waals surface area contributed by atoms with Gasteiger partial charge in [-0.15, -0.1) is 24.0 Å². The van der Waals surface area contributed by atoms with Crippen molar-refractivity contribution in [3.63, 3.8) is 0 Å². The number of hydrogen-bond acceptors (Lipinski definition) is 2. The highest BCUT2D eigenvalue weighted by Crippen LogP contribution is 2.09. The van der Waals surface area contributed by atoms with Gasteiger partial charge < -0.3 is 15.4 Å². The Kier molecular flexibility index (Phi) is 10.3. The van der Waals surface area contributed by atoms with Crippen molar-refractivity contribution >= 4 is 29.9 Å². The number of hydrogen-bond donors (Lipinski definition) is 2. The van der Waals surface area contributed by atoms with Crippen LogP contribution in [0.1, 0.15) is 36.1 Å². The van der Waals surface area contributed by atoms with E-state index in [0.29, 0.717) is 31.2 Å². The molecule has 0 radical (unpaired) electrons. The summed E-state index contributed by atoms with van der Waals surface area (Å²) >= 11 is 0. The van der Waals surface area contributed by atoms with Crippen LogP contribution in [0.25, 0.3) is 0 Å². The molecule has 0 saturated heterocycles. The lowest BCUT2D eigenvalue weighted by atomic mass is 10.1. The van der Waals surface area contributed by atoms with Gasteiger partial charge in [-0.1, -0.05) is 36.4 Å². The van der Waals surface area contributed by atoms with E-state index >= 15 is 0 Å². The third-order valence-electron chi connectivity index (χ3n) is 3.95. The molecule has 0 aliphatic carbocycles. The molecule has 0 spiro atoms. The van der Waals surface area contributed by atoms with Crippen LogP contribution in [0, 0.1) is 12.7 Å². The van der Waals surface area contributed by atoms with Crippen molar-refractivity contribution in [2.24, 2.45) is 4.99 Å². The molecule has 0 aliphatic heterocycles. The van der Waals surface area contributed by atoms with Crippen molar-refractivity contribution in [3.05, 3.63) is 70.5 Å². The average Bonchev–Trinajstić information content (AvgIpc) is 2.63. The van der Waals surface area contributed by atoms with E-state index in [2.05, 4.69) is 33.8 Å². The Hall–Kier alpha value is -1.67. The fourth-order valence-electron chi connectivity index (χ4n) is 2.43. The number of halogens is 2. The largest absolute Gasteiger partial charge is 0.374 e. The third-order valence-corrected chi connectivity index (χ3v) is 3.95. The number of aryl methyl sites for hydroxylation is 1. The van der Waals surface area contributed by atoms with Crippen molar-refractivity contribution in [3.8, 4) is 0 Å². The highest BCUT2D eigenvalue weighted by Gasteiger charge is 2.03. The number of nitrogens with zero attached hydrogens (tertiary/aromatic N) is 1. The number of rotatable bonds is 7. The van der Waals surface area contributed by atoms with Crippen molar-refractivity contribution < 1.29 is 9.13 Å². The molecule has 2 aromatic carbocycles. The predicted molar refractivity (Wildman–Crippen MR) is 120 cm³/mol. The van der Waals surface area contributed by atoms with Crippen LogP contribution in [0.4, 0.5) is 4.39 Å². The van der Waals surface area contributed by atoms with Gasteiger partial charge in [0.05, 0.1) is 12.7 Å². The molecule has 0 saturated carbocycles. The highest BCUT2D eigenvalue weighted by atomic mass is 127. The van der Waals surface area contributed by atoms with Crippen LogP contribution in [0.2, 0.25) is 0 Å². The van der Waals surface area contributed by atoms with Gasteiger partial charge in [-0.05, 0) is 49.1 Å². The first-order valence-corrected chi connectivity index (χ1v) is 8.87. The maximum atomic E-state index is 13.6. The van der Waals surface area contributed by atoms with E-state index in [4.69, 9.17) is 4.74 Å². The minimum absolute atomic E-state index is 0. The summed E-state index contributed by atoms with van der Waals surface area (Å²) in [6.07, 6.45) is 0.214. The quantitative estimate of drug-likeness (QED) is 0.344. The van der Waals surface area contributed by atoms with E-state index in [-0.39, 0.29) is 35.9 Å². The summed E-state index contributed by atoms with van der Waals surface area (Å²) in [5.74, 6) is 0.488. The number of benzene rings is 2. The first-order valence-electron chi connectivity index (χ1n) is 8.87. The third kappa shape index (κ3) is 8.26. The Morgan fingerprint density at radius 1 is 1.04 bits per heavy atom. The van der Waals surface area contributed by atoms with Crippen LogP contribution < -0.4 is 10.6 Å². The van der Waals surface area contributed by atoms with Gasteiger partial charge in [0.25, 0.3) is 0 Å². The van der Waals surface area contributed by atoms with E-state index in [1.54, 1.807) is 26.1 Å². The predicted octanol–water partition coefficient (Wildman–Crippen LogP) is 4.54. The monoisotopic (exact) mass is 485 g/mol. The maximum Gasteiger partial charge on any atom is 0.191 e. The molecule has 0 heterocycles. The van der Waals surface area contributed by atoms with Crippen molar-refractivity contribution in [2.75, 3.05) is 7.05 Å². The van der Waals surface area contributed by atoms with Crippen molar-refractivity contribution in [2.45, 2.75) is 46.6 Å². The van der Waals surface area contributed by atoms with E-state index < -0.39 is 0 Å². The van der Waals surface area contributed by atoms with Crippen LogP contribution in [0.3, 0.4) is 0 Å². The van der Waals surface area contributed by atoms with E-state index in [0.717, 1.165) is 16.7 Å². The lowest BCUT2D eigenvalue weighted by molar-refractivity contribution is 0.0657. The molecule has 6 heteroatoms. The molecule has 2 aromatic rings. The summed E-state index contributed by atoms with van der Waals surface area (Å²) in [5.41, 5.74) is 3.83. The second kappa shape index (κ2) is 11.9. The normalized spacial score (nSPS) is 11.3. The topological polar surface area (TPSA) is 45.7 Å². The van der Waals surface area contributed by atoms with E-state index in [9.17, 15) is 4.39 Å². The molecule has 0 fully saturated rings. The lowest BCUT2D eigenvalue weighted by Crippen LogP contribution is -2.36. The molecule has 0 aromatic heterocycles. The molecule has 0 aliphatic rings. The first kappa shape index (κ1) is 23.4. The van der Waals surface area contributed by atoms with Gasteiger partial charge in [-0.2, -0.15) is 0 Å². The molecule has 4 nitrogen and oxygen atoms in total. The molecule has 0 bridgehead atoms. The Labute approximate surface area is 178 Å². The SMILES string of the molecule is CN=C(NCc1cccc(COC(C)C)c1)NCc1ccc(C)c(F)c1.I. The van der Waals surface area contributed by atoms with Crippen molar-refractivity contribution in [1.29, 1.82) is 0 Å². The standard InChI is InChI=1S/C21H28FN3O.HI/c1-15(2)26-14-19-7-5-6-17(10-19)12-24-21(23-4)25-13-18-9-8-16(3)20(22)11-18;/h5-11,15H,12-14H2,1-4H3,(H2,23,24,25);1H. The van der Waals surface area contributed by atoms with Crippen LogP contribution in [0.15, 0.2) is 47.5 Å². The van der Waals surface area contributed by atoms with Gasteiger partial charge in [0.15, 0.2) is 5.96 Å². The Morgan fingerprint density at radius 3 is 2.26 bits per heavy atom. The second-order valence-electron chi connectivity index (χ2n) is 6.54.